The Labute approximate surface area is 456 Å². The van der Waals surface area contributed by atoms with Crippen LogP contribution >= 0.6 is 7.82 Å². The first-order valence-corrected chi connectivity index (χ1v) is 31.9. The van der Waals surface area contributed by atoms with Gasteiger partial charge in [0.05, 0.1) is 33.8 Å². The van der Waals surface area contributed by atoms with Crippen molar-refractivity contribution in [3.8, 4) is 0 Å². The molecule has 0 saturated carbocycles. The highest BCUT2D eigenvalue weighted by Crippen LogP contribution is 2.38. The van der Waals surface area contributed by atoms with Gasteiger partial charge in [-0.2, -0.15) is 0 Å². The molecule has 3 unspecified atom stereocenters. The minimum atomic E-state index is -4.71. The van der Waals surface area contributed by atoms with Crippen LogP contribution in [0.5, 0.6) is 0 Å². The van der Waals surface area contributed by atoms with Crippen molar-refractivity contribution in [2.45, 2.75) is 270 Å². The fraction of sp³-hybridized carbons (Fsp3) is 0.750. The number of quaternary nitrogens is 1. The zero-order valence-electron chi connectivity index (χ0n) is 48.8. The van der Waals surface area contributed by atoms with Gasteiger partial charge in [-0.1, -0.05) is 247 Å². The number of amides is 1. The first-order valence-electron chi connectivity index (χ1n) is 30.4. The van der Waals surface area contributed by atoms with E-state index < -0.39 is 26.6 Å². The molecule has 0 bridgehead atoms. The lowest BCUT2D eigenvalue weighted by Crippen LogP contribution is -2.47. The number of hydrogen-bond donors (Lipinski definition) is 1. The molecule has 0 saturated heterocycles. The van der Waals surface area contributed by atoms with E-state index in [0.29, 0.717) is 23.9 Å². The van der Waals surface area contributed by atoms with E-state index in [1.54, 1.807) is 0 Å². The lowest BCUT2D eigenvalue weighted by molar-refractivity contribution is -0.870. The molecule has 1 amide bonds. The molecule has 0 heterocycles. The third-order valence-corrected chi connectivity index (χ3v) is 14.1. The van der Waals surface area contributed by atoms with Crippen molar-refractivity contribution in [2.24, 2.45) is 0 Å². The number of likely N-dealkylation sites (N-methyl/N-ethyl adjacent to an activating group) is 1. The van der Waals surface area contributed by atoms with Crippen LogP contribution in [0.3, 0.4) is 0 Å². The second-order valence-electron chi connectivity index (χ2n) is 21.5. The lowest BCUT2D eigenvalue weighted by Gasteiger charge is -2.30. The molecule has 0 spiro atoms. The molecule has 0 fully saturated rings. The van der Waals surface area contributed by atoms with Gasteiger partial charge in [-0.05, 0) is 83.1 Å². The molecule has 428 valence electrons. The minimum Gasteiger partial charge on any atom is -0.756 e. The van der Waals surface area contributed by atoms with Crippen molar-refractivity contribution in [1.29, 1.82) is 0 Å². The van der Waals surface area contributed by atoms with Crippen molar-refractivity contribution in [1.82, 2.24) is 5.32 Å². The van der Waals surface area contributed by atoms with Gasteiger partial charge in [0, 0.05) is 12.8 Å². The van der Waals surface area contributed by atoms with Gasteiger partial charge in [0.25, 0.3) is 7.82 Å². The van der Waals surface area contributed by atoms with E-state index in [9.17, 15) is 19.0 Å². The summed E-state index contributed by atoms with van der Waals surface area (Å²) in [4.78, 5) is 39.9. The summed E-state index contributed by atoms with van der Waals surface area (Å²) in [6, 6.07) is -0.907. The monoisotopic (exact) mass is 1050 g/mol. The highest BCUT2D eigenvalue weighted by Gasteiger charge is 2.27. The number of carbonyl (C=O) groups is 2. The van der Waals surface area contributed by atoms with Crippen molar-refractivity contribution in [3.05, 3.63) is 85.1 Å². The second-order valence-corrected chi connectivity index (χ2v) is 22.9. The maximum atomic E-state index is 13.5. The van der Waals surface area contributed by atoms with Gasteiger partial charge in [-0.15, -0.1) is 0 Å². The van der Waals surface area contributed by atoms with Gasteiger partial charge in [0.2, 0.25) is 5.91 Å². The van der Waals surface area contributed by atoms with E-state index >= 15 is 0 Å². The molecule has 0 radical (unpaired) electrons. The summed E-state index contributed by atoms with van der Waals surface area (Å²) in [5.41, 5.74) is 0. The number of rotatable bonds is 54. The van der Waals surface area contributed by atoms with Gasteiger partial charge in [-0.25, -0.2) is 0 Å². The van der Waals surface area contributed by atoms with Crippen molar-refractivity contribution in [2.75, 3.05) is 40.9 Å². The average Bonchev–Trinajstić information content (AvgIpc) is 3.36. The van der Waals surface area contributed by atoms with Crippen LogP contribution in [0.1, 0.15) is 258 Å². The van der Waals surface area contributed by atoms with E-state index in [-0.39, 0.29) is 24.9 Å². The molecule has 1 N–H and O–H groups in total. The molecule has 0 aromatic heterocycles. The first-order chi connectivity index (χ1) is 35.9. The van der Waals surface area contributed by atoms with Gasteiger partial charge in [0.15, 0.2) is 0 Å². The van der Waals surface area contributed by atoms with Crippen LogP contribution < -0.4 is 10.2 Å². The van der Waals surface area contributed by atoms with Gasteiger partial charge >= 0.3 is 5.97 Å². The molecule has 0 aliphatic carbocycles. The van der Waals surface area contributed by atoms with Crippen molar-refractivity contribution < 1.29 is 37.3 Å². The van der Waals surface area contributed by atoms with E-state index in [4.69, 9.17) is 13.8 Å². The number of phosphoric acid groups is 1. The highest BCUT2D eigenvalue weighted by molar-refractivity contribution is 7.45. The van der Waals surface area contributed by atoms with Gasteiger partial charge in [0.1, 0.15) is 19.3 Å². The topological polar surface area (TPSA) is 114 Å². The molecular weight excluding hydrogens is 940 g/mol. The summed E-state index contributed by atoms with van der Waals surface area (Å²) in [5.74, 6) is -0.590. The normalized spacial score (nSPS) is 14.3. The first kappa shape index (κ1) is 71.2. The Morgan fingerprint density at radius 2 is 0.865 bits per heavy atom. The summed E-state index contributed by atoms with van der Waals surface area (Å²) in [5, 5.41) is 3.01. The van der Waals surface area contributed by atoms with E-state index in [2.05, 4.69) is 99.0 Å². The summed E-state index contributed by atoms with van der Waals surface area (Å²) >= 11 is 0. The quantitative estimate of drug-likeness (QED) is 0.0212. The third-order valence-electron chi connectivity index (χ3n) is 13.1. The van der Waals surface area contributed by atoms with Crippen LogP contribution in [0.2, 0.25) is 0 Å². The maximum Gasteiger partial charge on any atom is 0.306 e. The Hall–Kier alpha value is -2.81. The Morgan fingerprint density at radius 1 is 0.486 bits per heavy atom. The Balaban J connectivity index is 5.32. The van der Waals surface area contributed by atoms with E-state index in [1.807, 2.05) is 33.3 Å². The number of nitrogens with zero attached hydrogens (tertiary/aromatic N) is 1. The van der Waals surface area contributed by atoms with E-state index in [1.165, 1.54) is 128 Å². The summed E-state index contributed by atoms with van der Waals surface area (Å²) in [6.45, 7) is 6.70. The molecule has 0 aliphatic heterocycles. The molecule has 0 aromatic rings. The van der Waals surface area contributed by atoms with Gasteiger partial charge < -0.3 is 28.5 Å². The second kappa shape index (κ2) is 53.6. The molecule has 0 rings (SSSR count). The molecule has 10 heteroatoms. The Morgan fingerprint density at radius 3 is 1.31 bits per heavy atom. The zero-order valence-corrected chi connectivity index (χ0v) is 49.7. The van der Waals surface area contributed by atoms with Crippen molar-refractivity contribution in [3.63, 3.8) is 0 Å². The number of esters is 1. The number of hydrogen-bond acceptors (Lipinski definition) is 7. The van der Waals surface area contributed by atoms with Crippen LogP contribution in [0.25, 0.3) is 0 Å². The molecule has 0 aliphatic rings. The predicted octanol–water partition coefficient (Wildman–Crippen LogP) is 18.0. The summed E-state index contributed by atoms with van der Waals surface area (Å²) < 4.78 is 30.2. The molecule has 9 nitrogen and oxygen atoms in total. The minimum absolute atomic E-state index is 0.0316. The summed E-state index contributed by atoms with van der Waals surface area (Å²) in [7, 11) is 1.16. The largest absolute Gasteiger partial charge is 0.756 e. The SMILES string of the molecule is CC/C=C\C/C=C\C/C=C\C/C=C\C/C=C\C/C=C\CCCCC(=O)OC(/C=C/CCCCCCCCCCC)C(COP(=O)([O-])OCC[N+](C)(C)C)NC(=O)CCCCCCCCCCCCCCCCCC. The summed E-state index contributed by atoms with van der Waals surface area (Å²) in [6.07, 6.45) is 69.8. The Bertz CT molecular complexity index is 1540. The number of allylic oxidation sites excluding steroid dienone is 13. The van der Waals surface area contributed by atoms with Crippen molar-refractivity contribution >= 4 is 19.7 Å². The standard InChI is InChI=1S/C64H115N2O7P/c1-7-10-13-16-19-22-25-27-29-31-32-33-34-35-37-39-42-45-48-51-54-57-64(68)73-62(55-52-49-46-43-40-24-21-18-15-12-9-3)61(60-72-74(69,70)71-59-58-66(4,5)6)65-63(67)56-53-50-47-44-41-38-36-30-28-26-23-20-17-14-11-8-2/h10,13,19,22,27,29,32-33,35,37,42,45,52,55,61-62H,7-9,11-12,14-18,20-21,23-26,28,30-31,34,36,38-41,43-44,46-51,53-54,56-60H2,1-6H3,(H-,65,67,69,70)/b13-10-,22-19-,29-27-,33-32-,37-35-,45-42-,55-52+. The molecule has 74 heavy (non-hydrogen) atoms. The highest BCUT2D eigenvalue weighted by atomic mass is 31.2. The Kier molecular flexibility index (Phi) is 51.5. The number of ether oxygens (including phenoxy) is 1. The van der Waals surface area contributed by atoms with Crippen LogP contribution in [-0.2, 0) is 27.9 Å². The van der Waals surface area contributed by atoms with Crippen LogP contribution in [0.4, 0.5) is 0 Å². The van der Waals surface area contributed by atoms with E-state index in [0.717, 1.165) is 89.9 Å². The fourth-order valence-corrected chi connectivity index (χ4v) is 9.13. The van der Waals surface area contributed by atoms with Gasteiger partial charge in [-0.3, -0.25) is 14.2 Å². The third kappa shape index (κ3) is 54.0. The number of nitrogens with one attached hydrogen (secondary N) is 1. The number of carbonyl (C=O) groups excluding carboxylic acids is 2. The molecule has 0 aromatic carbocycles. The number of phosphoric ester groups is 1. The lowest BCUT2D eigenvalue weighted by atomic mass is 10.0. The fourth-order valence-electron chi connectivity index (χ4n) is 8.41. The average molecular weight is 1060 g/mol. The smallest absolute Gasteiger partial charge is 0.306 e. The number of unbranched alkanes of at least 4 members (excludes halogenated alkanes) is 26. The molecule has 3 atom stereocenters. The van der Waals surface area contributed by atoms with Crippen LogP contribution in [0.15, 0.2) is 85.1 Å². The molecular formula is C64H115N2O7P. The van der Waals surface area contributed by atoms with Crippen LogP contribution in [0, 0.1) is 0 Å². The van der Waals surface area contributed by atoms with Crippen LogP contribution in [-0.4, -0.2) is 69.4 Å². The predicted molar refractivity (Wildman–Crippen MR) is 316 cm³/mol. The maximum absolute atomic E-state index is 13.5. The zero-order chi connectivity index (χ0) is 54.3.